The van der Waals surface area contributed by atoms with Crippen LogP contribution in [-0.2, 0) is 9.59 Å². The average molecular weight is 392 g/mol. The van der Waals surface area contributed by atoms with Crippen LogP contribution in [0.2, 0.25) is 5.02 Å². The molecule has 0 fully saturated rings. The van der Waals surface area contributed by atoms with Crippen LogP contribution in [0.1, 0.15) is 5.56 Å². The van der Waals surface area contributed by atoms with Gasteiger partial charge in [0.2, 0.25) is 0 Å². The highest BCUT2D eigenvalue weighted by molar-refractivity contribution is 6.32. The predicted molar refractivity (Wildman–Crippen MR) is 102 cm³/mol. The summed E-state index contributed by atoms with van der Waals surface area (Å²) in [6, 6.07) is 12.4. The van der Waals surface area contributed by atoms with Gasteiger partial charge in [-0.05, 0) is 29.8 Å². The largest absolute Gasteiger partial charge is 0.493 e. The molecule has 0 heterocycles. The van der Waals surface area contributed by atoms with E-state index in [-0.39, 0.29) is 29.0 Å². The molecule has 8 nitrogen and oxygen atoms in total. The summed E-state index contributed by atoms with van der Waals surface area (Å²) >= 11 is 6.10. The third kappa shape index (κ3) is 6.52. The molecule has 1 amide bonds. The summed E-state index contributed by atoms with van der Waals surface area (Å²) in [6.07, 6.45) is 1.38. The highest BCUT2D eigenvalue weighted by Gasteiger charge is 2.13. The van der Waals surface area contributed by atoms with Crippen molar-refractivity contribution >= 4 is 35.4 Å². The molecule has 0 aliphatic carbocycles. The number of carbonyl (C=O) groups excluding carboxylic acids is 1. The molecule has 142 valence electrons. The van der Waals surface area contributed by atoms with Crippen LogP contribution in [0.15, 0.2) is 47.6 Å². The Morgan fingerprint density at radius 2 is 2.00 bits per heavy atom. The van der Waals surface area contributed by atoms with Crippen LogP contribution in [-0.4, -0.2) is 43.5 Å². The smallest absolute Gasteiger partial charge is 0.341 e. The summed E-state index contributed by atoms with van der Waals surface area (Å²) in [7, 11) is 1.40. The SMILES string of the molecule is COc1cc(/C=N\NC(=O)CNc2ccccc2)cc(Cl)c1OCC(=O)O. The van der Waals surface area contributed by atoms with Crippen molar-refractivity contribution in [3.05, 3.63) is 53.1 Å². The molecule has 2 aromatic rings. The van der Waals surface area contributed by atoms with E-state index in [1.54, 1.807) is 6.07 Å². The summed E-state index contributed by atoms with van der Waals surface area (Å²) in [5.74, 6) is -1.09. The maximum Gasteiger partial charge on any atom is 0.341 e. The summed E-state index contributed by atoms with van der Waals surface area (Å²) in [6.45, 7) is -0.485. The molecule has 9 heteroatoms. The second-order valence-electron chi connectivity index (χ2n) is 5.23. The van der Waals surface area contributed by atoms with E-state index in [1.807, 2.05) is 30.3 Å². The molecule has 2 aromatic carbocycles. The minimum atomic E-state index is -1.13. The van der Waals surface area contributed by atoms with E-state index in [4.69, 9.17) is 26.2 Å². The minimum absolute atomic E-state index is 0.0629. The molecule has 0 bridgehead atoms. The second-order valence-corrected chi connectivity index (χ2v) is 5.64. The zero-order valence-corrected chi connectivity index (χ0v) is 15.2. The Hall–Kier alpha value is -3.26. The first-order chi connectivity index (χ1) is 13.0. The number of halogens is 1. The lowest BCUT2D eigenvalue weighted by molar-refractivity contribution is -0.139. The first-order valence-corrected chi connectivity index (χ1v) is 8.20. The molecule has 0 unspecified atom stereocenters. The Kier molecular flexibility index (Phi) is 7.45. The number of amides is 1. The monoisotopic (exact) mass is 391 g/mol. The summed E-state index contributed by atoms with van der Waals surface area (Å²) < 4.78 is 10.3. The zero-order valence-electron chi connectivity index (χ0n) is 14.4. The van der Waals surface area contributed by atoms with Crippen LogP contribution < -0.4 is 20.2 Å². The molecule has 0 spiro atoms. The molecule has 0 radical (unpaired) electrons. The van der Waals surface area contributed by atoms with Gasteiger partial charge in [-0.25, -0.2) is 10.2 Å². The second kappa shape index (κ2) is 10.0. The van der Waals surface area contributed by atoms with E-state index < -0.39 is 12.6 Å². The number of nitrogens with zero attached hydrogens (tertiary/aromatic N) is 1. The molecule has 0 atom stereocenters. The molecule has 3 N–H and O–H groups in total. The van der Waals surface area contributed by atoms with E-state index in [9.17, 15) is 9.59 Å². The van der Waals surface area contributed by atoms with Gasteiger partial charge in [-0.3, -0.25) is 4.79 Å². The lowest BCUT2D eigenvalue weighted by Gasteiger charge is -2.11. The number of nitrogens with one attached hydrogen (secondary N) is 2. The standard InChI is InChI=1S/C18H18ClN3O5/c1-26-15-8-12(7-14(19)18(15)27-11-17(24)25)9-21-22-16(23)10-20-13-5-3-2-4-6-13/h2-9,20H,10-11H2,1H3,(H,22,23)(H,24,25)/b21-9-. The first-order valence-electron chi connectivity index (χ1n) is 7.82. The number of hydrazone groups is 1. The lowest BCUT2D eigenvalue weighted by atomic mass is 10.2. The Balaban J connectivity index is 1.94. The number of methoxy groups -OCH3 is 1. The van der Waals surface area contributed by atoms with Gasteiger partial charge < -0.3 is 19.9 Å². The molecule has 0 saturated heterocycles. The van der Waals surface area contributed by atoms with Gasteiger partial charge in [-0.15, -0.1) is 0 Å². The maximum absolute atomic E-state index is 11.8. The number of rotatable bonds is 9. The van der Waals surface area contributed by atoms with E-state index in [1.165, 1.54) is 19.4 Å². The topological polar surface area (TPSA) is 109 Å². The number of aliphatic carboxylic acids is 1. The first kappa shape index (κ1) is 20.1. The Morgan fingerprint density at radius 1 is 1.26 bits per heavy atom. The summed E-state index contributed by atoms with van der Waals surface area (Å²) in [5, 5.41) is 15.7. The van der Waals surface area contributed by atoms with Gasteiger partial charge in [-0.1, -0.05) is 29.8 Å². The Bertz CT molecular complexity index is 827. The number of para-hydroxylation sites is 1. The Labute approximate surface area is 160 Å². The predicted octanol–water partition coefficient (Wildman–Crippen LogP) is 2.37. The molecular formula is C18H18ClN3O5. The summed E-state index contributed by atoms with van der Waals surface area (Å²) in [5.41, 5.74) is 3.75. The van der Waals surface area contributed by atoms with Crippen LogP contribution >= 0.6 is 11.6 Å². The number of carboxylic acid groups (broad SMARTS) is 1. The molecule has 0 aromatic heterocycles. The average Bonchev–Trinajstić information content (AvgIpc) is 2.65. The fourth-order valence-corrected chi connectivity index (χ4v) is 2.32. The number of ether oxygens (including phenoxy) is 2. The van der Waals surface area contributed by atoms with Crippen LogP contribution in [0.5, 0.6) is 11.5 Å². The molecule has 0 aliphatic rings. The van der Waals surface area contributed by atoms with Gasteiger partial charge in [0.05, 0.1) is 24.9 Å². The van der Waals surface area contributed by atoms with E-state index in [2.05, 4.69) is 15.8 Å². The van der Waals surface area contributed by atoms with Gasteiger partial charge in [0.1, 0.15) is 0 Å². The number of hydrogen-bond acceptors (Lipinski definition) is 6. The zero-order chi connectivity index (χ0) is 19.6. The number of carboxylic acids is 1. The van der Waals surface area contributed by atoms with E-state index >= 15 is 0 Å². The van der Waals surface area contributed by atoms with Crippen molar-refractivity contribution in [2.24, 2.45) is 5.10 Å². The number of hydrogen-bond donors (Lipinski definition) is 3. The van der Waals surface area contributed by atoms with Crippen molar-refractivity contribution in [1.29, 1.82) is 0 Å². The molecule has 0 aliphatic heterocycles. The molecule has 0 saturated carbocycles. The van der Waals surface area contributed by atoms with Crippen molar-refractivity contribution in [3.63, 3.8) is 0 Å². The van der Waals surface area contributed by atoms with Gasteiger partial charge >= 0.3 is 5.97 Å². The minimum Gasteiger partial charge on any atom is -0.493 e. The van der Waals surface area contributed by atoms with Crippen molar-refractivity contribution < 1.29 is 24.2 Å². The Morgan fingerprint density at radius 3 is 2.67 bits per heavy atom. The van der Waals surface area contributed by atoms with Crippen molar-refractivity contribution in [3.8, 4) is 11.5 Å². The van der Waals surface area contributed by atoms with E-state index in [0.717, 1.165) is 5.69 Å². The van der Waals surface area contributed by atoms with Gasteiger partial charge in [0, 0.05) is 5.69 Å². The normalized spacial score (nSPS) is 10.4. The highest BCUT2D eigenvalue weighted by atomic mass is 35.5. The van der Waals surface area contributed by atoms with E-state index in [0.29, 0.717) is 5.56 Å². The maximum atomic E-state index is 11.8. The van der Waals surface area contributed by atoms with Gasteiger partial charge in [0.15, 0.2) is 18.1 Å². The molecular weight excluding hydrogens is 374 g/mol. The molecule has 2 rings (SSSR count). The van der Waals surface area contributed by atoms with Crippen molar-refractivity contribution in [2.45, 2.75) is 0 Å². The number of benzene rings is 2. The highest BCUT2D eigenvalue weighted by Crippen LogP contribution is 2.36. The lowest BCUT2D eigenvalue weighted by Crippen LogP contribution is -2.25. The number of carbonyl (C=O) groups is 2. The van der Waals surface area contributed by atoms with Gasteiger partial charge in [-0.2, -0.15) is 5.10 Å². The number of anilines is 1. The third-order valence-corrected chi connectivity index (χ3v) is 3.50. The molecule has 27 heavy (non-hydrogen) atoms. The van der Waals surface area contributed by atoms with Gasteiger partial charge in [0.25, 0.3) is 5.91 Å². The quantitative estimate of drug-likeness (QED) is 0.447. The fraction of sp³-hybridized carbons (Fsp3) is 0.167. The fourth-order valence-electron chi connectivity index (χ4n) is 2.04. The summed E-state index contributed by atoms with van der Waals surface area (Å²) in [4.78, 5) is 22.4. The van der Waals surface area contributed by atoms with Crippen molar-refractivity contribution in [1.82, 2.24) is 5.43 Å². The van der Waals surface area contributed by atoms with Crippen LogP contribution in [0, 0.1) is 0 Å². The third-order valence-electron chi connectivity index (χ3n) is 3.22. The van der Waals surface area contributed by atoms with Crippen LogP contribution in [0.4, 0.5) is 5.69 Å². The van der Waals surface area contributed by atoms with Crippen LogP contribution in [0.25, 0.3) is 0 Å². The van der Waals surface area contributed by atoms with Crippen molar-refractivity contribution in [2.75, 3.05) is 25.6 Å². The van der Waals surface area contributed by atoms with Crippen LogP contribution in [0.3, 0.4) is 0 Å².